The minimum absolute atomic E-state index is 0.0808. The molecule has 1 aliphatic heterocycles. The van der Waals surface area contributed by atoms with Crippen LogP contribution in [0.3, 0.4) is 0 Å². The number of carbonyl (C=O) groups is 1. The Labute approximate surface area is 179 Å². The fourth-order valence-corrected chi connectivity index (χ4v) is 4.44. The van der Waals surface area contributed by atoms with E-state index in [0.29, 0.717) is 22.8 Å². The molecule has 5 rings (SSSR count). The zero-order valence-electron chi connectivity index (χ0n) is 17.7. The number of H-pyrrole nitrogens is 1. The lowest BCUT2D eigenvalue weighted by molar-refractivity contribution is 0.102. The Bertz CT molecular complexity index is 1350. The molecule has 7 nitrogen and oxygen atoms in total. The molecule has 1 aromatic carbocycles. The fraction of sp³-hybridized carbons (Fsp3) is 0.292. The normalized spacial score (nSPS) is 17.3. The van der Waals surface area contributed by atoms with Crippen molar-refractivity contribution >= 4 is 33.4 Å². The number of nitrogens with zero attached hydrogens (tertiary/aromatic N) is 3. The number of aromatic nitrogens is 3. The first-order valence-electron chi connectivity index (χ1n) is 10.6. The summed E-state index contributed by atoms with van der Waals surface area (Å²) in [6, 6.07) is 11.4. The van der Waals surface area contributed by atoms with Crippen molar-refractivity contribution in [2.24, 2.45) is 7.05 Å². The number of aryl methyl sites for hydroxylation is 1. The minimum Gasteiger partial charge on any atom is -0.357 e. The minimum atomic E-state index is -0.256. The smallest absolute Gasteiger partial charge is 0.258 e. The summed E-state index contributed by atoms with van der Waals surface area (Å²) in [5.41, 5.74) is 2.56. The van der Waals surface area contributed by atoms with Gasteiger partial charge in [0.2, 0.25) is 0 Å². The molecule has 3 aromatic heterocycles. The maximum atomic E-state index is 12.8. The van der Waals surface area contributed by atoms with Crippen molar-refractivity contribution in [1.29, 1.82) is 0 Å². The third-order valence-corrected chi connectivity index (χ3v) is 6.24. The van der Waals surface area contributed by atoms with Gasteiger partial charge in [-0.05, 0) is 62.2 Å². The largest absolute Gasteiger partial charge is 0.357 e. The van der Waals surface area contributed by atoms with Crippen LogP contribution in [0.15, 0.2) is 53.6 Å². The van der Waals surface area contributed by atoms with Crippen molar-refractivity contribution in [3.8, 4) is 0 Å². The number of piperidine rings is 1. The van der Waals surface area contributed by atoms with Gasteiger partial charge >= 0.3 is 0 Å². The van der Waals surface area contributed by atoms with Crippen LogP contribution in [0.2, 0.25) is 0 Å². The second-order valence-corrected chi connectivity index (χ2v) is 8.36. The number of carbonyl (C=O) groups excluding carboxylic acids is 1. The molecule has 4 heterocycles. The van der Waals surface area contributed by atoms with Crippen LogP contribution in [0.5, 0.6) is 0 Å². The first-order valence-corrected chi connectivity index (χ1v) is 10.6. The molecule has 2 N–H and O–H groups in total. The Hall–Kier alpha value is -3.45. The average Bonchev–Trinajstić information content (AvgIpc) is 3.19. The van der Waals surface area contributed by atoms with E-state index in [9.17, 15) is 9.59 Å². The number of amides is 1. The SMILES string of the molecule is CN1CCCC[C@@H]1c1cc2cnc(NC(=O)c3ccc4c(=O)n(C)ccc4c3)cc2[nH]1. The highest BCUT2D eigenvalue weighted by Crippen LogP contribution is 2.31. The van der Waals surface area contributed by atoms with Gasteiger partial charge in [0.15, 0.2) is 0 Å². The van der Waals surface area contributed by atoms with Gasteiger partial charge in [0, 0.05) is 53.6 Å². The van der Waals surface area contributed by atoms with Crippen molar-refractivity contribution in [1.82, 2.24) is 19.4 Å². The van der Waals surface area contributed by atoms with Crippen molar-refractivity contribution in [3.63, 3.8) is 0 Å². The molecular weight excluding hydrogens is 390 g/mol. The van der Waals surface area contributed by atoms with Crippen molar-refractivity contribution < 1.29 is 4.79 Å². The fourth-order valence-electron chi connectivity index (χ4n) is 4.44. The molecule has 1 aliphatic rings. The standard InChI is InChI=1S/C24H25N5O2/c1-28-9-4-3-5-21(28)20-12-17-14-25-22(13-19(17)26-20)27-23(30)16-6-7-18-15(11-16)8-10-29(2)24(18)31/h6-8,10-14,21,26H,3-5,9H2,1-2H3,(H,25,27,30)/t21-/m1/s1. The van der Waals surface area contributed by atoms with Gasteiger partial charge < -0.3 is 14.9 Å². The zero-order chi connectivity index (χ0) is 21.5. The number of pyridine rings is 2. The summed E-state index contributed by atoms with van der Waals surface area (Å²) in [6.07, 6.45) is 7.12. The zero-order valence-corrected chi connectivity index (χ0v) is 17.7. The van der Waals surface area contributed by atoms with Gasteiger partial charge in [0.25, 0.3) is 11.5 Å². The first kappa shape index (κ1) is 19.5. The quantitative estimate of drug-likeness (QED) is 0.533. The molecular formula is C24H25N5O2. The molecule has 4 aromatic rings. The molecule has 1 amide bonds. The van der Waals surface area contributed by atoms with Crippen LogP contribution in [0.25, 0.3) is 21.7 Å². The third kappa shape index (κ3) is 3.61. The number of aromatic amines is 1. The van der Waals surface area contributed by atoms with Gasteiger partial charge in [-0.15, -0.1) is 0 Å². The molecule has 0 radical (unpaired) electrons. The van der Waals surface area contributed by atoms with Crippen molar-refractivity contribution in [2.75, 3.05) is 18.9 Å². The summed E-state index contributed by atoms with van der Waals surface area (Å²) < 4.78 is 1.52. The van der Waals surface area contributed by atoms with E-state index < -0.39 is 0 Å². The molecule has 0 spiro atoms. The van der Waals surface area contributed by atoms with E-state index in [4.69, 9.17) is 0 Å². The number of benzene rings is 1. The molecule has 0 bridgehead atoms. The predicted molar refractivity (Wildman–Crippen MR) is 122 cm³/mol. The van der Waals surface area contributed by atoms with Crippen LogP contribution in [-0.4, -0.2) is 38.9 Å². The number of fused-ring (bicyclic) bond motifs is 2. The molecule has 1 atom stereocenters. The lowest BCUT2D eigenvalue weighted by atomic mass is 10.0. The Balaban J connectivity index is 1.39. The number of likely N-dealkylation sites (tertiary alicyclic amines) is 1. The number of hydrogen-bond donors (Lipinski definition) is 2. The second kappa shape index (κ2) is 7.67. The van der Waals surface area contributed by atoms with Gasteiger partial charge in [0.1, 0.15) is 5.82 Å². The molecule has 158 valence electrons. The third-order valence-electron chi connectivity index (χ3n) is 6.24. The highest BCUT2D eigenvalue weighted by Gasteiger charge is 2.22. The van der Waals surface area contributed by atoms with E-state index in [1.165, 1.54) is 23.1 Å². The predicted octanol–water partition coefficient (Wildman–Crippen LogP) is 3.82. The second-order valence-electron chi connectivity index (χ2n) is 8.36. The Kier molecular flexibility index (Phi) is 4.82. The van der Waals surface area contributed by atoms with E-state index >= 15 is 0 Å². The summed E-state index contributed by atoms with van der Waals surface area (Å²) in [7, 11) is 3.88. The highest BCUT2D eigenvalue weighted by atomic mass is 16.1. The average molecular weight is 415 g/mol. The van der Waals surface area contributed by atoms with Gasteiger partial charge in [0.05, 0.1) is 5.52 Å². The lowest BCUT2D eigenvalue weighted by Gasteiger charge is -2.31. The van der Waals surface area contributed by atoms with E-state index in [1.807, 2.05) is 12.1 Å². The molecule has 1 saturated heterocycles. The van der Waals surface area contributed by atoms with Crippen LogP contribution in [0.1, 0.15) is 41.4 Å². The summed E-state index contributed by atoms with van der Waals surface area (Å²) >= 11 is 0. The lowest BCUT2D eigenvalue weighted by Crippen LogP contribution is -2.29. The first-order chi connectivity index (χ1) is 15.0. The van der Waals surface area contributed by atoms with Crippen molar-refractivity contribution in [3.05, 3.63) is 70.4 Å². The summed E-state index contributed by atoms with van der Waals surface area (Å²) in [5.74, 6) is 0.236. The maximum Gasteiger partial charge on any atom is 0.258 e. The maximum absolute atomic E-state index is 12.8. The number of hydrogen-bond acceptors (Lipinski definition) is 4. The van der Waals surface area contributed by atoms with Crippen LogP contribution < -0.4 is 10.9 Å². The Morgan fingerprint density at radius 3 is 2.84 bits per heavy atom. The molecule has 0 saturated carbocycles. The van der Waals surface area contributed by atoms with E-state index in [0.717, 1.165) is 29.3 Å². The van der Waals surface area contributed by atoms with E-state index in [1.54, 1.807) is 37.6 Å². The number of nitrogens with one attached hydrogen (secondary N) is 2. The summed E-state index contributed by atoms with van der Waals surface area (Å²) in [4.78, 5) is 35.3. The van der Waals surface area contributed by atoms with Crippen LogP contribution in [-0.2, 0) is 7.05 Å². The molecule has 0 aliphatic carbocycles. The molecule has 31 heavy (non-hydrogen) atoms. The van der Waals surface area contributed by atoms with Crippen LogP contribution in [0, 0.1) is 0 Å². The van der Waals surface area contributed by atoms with Gasteiger partial charge in [-0.25, -0.2) is 4.98 Å². The van der Waals surface area contributed by atoms with Crippen molar-refractivity contribution in [2.45, 2.75) is 25.3 Å². The van der Waals surface area contributed by atoms with Gasteiger partial charge in [-0.3, -0.25) is 14.5 Å². The summed E-state index contributed by atoms with van der Waals surface area (Å²) in [5, 5.41) is 5.24. The van der Waals surface area contributed by atoms with E-state index in [2.05, 4.69) is 33.3 Å². The van der Waals surface area contributed by atoms with Crippen LogP contribution >= 0.6 is 0 Å². The monoisotopic (exact) mass is 415 g/mol. The van der Waals surface area contributed by atoms with Gasteiger partial charge in [-0.1, -0.05) is 6.42 Å². The summed E-state index contributed by atoms with van der Waals surface area (Å²) in [6.45, 7) is 1.11. The molecule has 0 unspecified atom stereocenters. The Morgan fingerprint density at radius 1 is 1.13 bits per heavy atom. The number of rotatable bonds is 3. The van der Waals surface area contributed by atoms with Crippen LogP contribution in [0.4, 0.5) is 5.82 Å². The highest BCUT2D eigenvalue weighted by molar-refractivity contribution is 6.06. The topological polar surface area (TPSA) is 83.0 Å². The molecule has 1 fully saturated rings. The van der Waals surface area contributed by atoms with E-state index in [-0.39, 0.29) is 11.5 Å². The Morgan fingerprint density at radius 2 is 2.00 bits per heavy atom. The number of anilines is 1. The van der Waals surface area contributed by atoms with Gasteiger partial charge in [-0.2, -0.15) is 0 Å². The molecule has 7 heteroatoms.